The molecule has 0 aromatic heterocycles. The quantitative estimate of drug-likeness (QED) is 0.464. The van der Waals surface area contributed by atoms with Crippen molar-refractivity contribution in [1.29, 1.82) is 0 Å². The number of hydrogen-bond donors (Lipinski definition) is 0. The van der Waals surface area contributed by atoms with Crippen molar-refractivity contribution < 1.29 is 14.6 Å². The largest absolute Gasteiger partial charge is 0.367 e. The fraction of sp³-hybridized carbons (Fsp3) is 1.00. The van der Waals surface area contributed by atoms with Crippen LogP contribution in [0.25, 0.3) is 0 Å². The van der Waals surface area contributed by atoms with Gasteiger partial charge in [-0.15, -0.1) is 0 Å². The fourth-order valence-corrected chi connectivity index (χ4v) is 1.74. The van der Waals surface area contributed by atoms with Crippen LogP contribution in [-0.2, 0) is 4.74 Å². The van der Waals surface area contributed by atoms with E-state index in [0.717, 1.165) is 0 Å². The van der Waals surface area contributed by atoms with Crippen molar-refractivity contribution in [3.63, 3.8) is 0 Å². The third kappa shape index (κ3) is 0.819. The second kappa shape index (κ2) is 2.38. The van der Waals surface area contributed by atoms with E-state index in [1.165, 1.54) is 21.0 Å². The molecular weight excluding hydrogens is 180 g/mol. The van der Waals surface area contributed by atoms with Gasteiger partial charge in [-0.2, -0.15) is 0 Å². The topological polar surface area (TPSA) is 95.5 Å². The van der Waals surface area contributed by atoms with Gasteiger partial charge in [0.2, 0.25) is 6.10 Å². The van der Waals surface area contributed by atoms with Crippen LogP contribution in [0.1, 0.15) is 13.8 Å². The fourth-order valence-electron chi connectivity index (χ4n) is 1.74. The molecule has 1 saturated carbocycles. The van der Waals surface area contributed by atoms with E-state index in [4.69, 9.17) is 4.74 Å². The van der Waals surface area contributed by atoms with E-state index in [0.29, 0.717) is 0 Å². The lowest BCUT2D eigenvalue weighted by atomic mass is 10.2. The van der Waals surface area contributed by atoms with Gasteiger partial charge in [-0.25, -0.2) is 0 Å². The van der Waals surface area contributed by atoms with Gasteiger partial charge < -0.3 is 4.74 Å². The molecule has 0 radical (unpaired) electrons. The molecule has 0 saturated heterocycles. The van der Waals surface area contributed by atoms with Crippen LogP contribution in [0.5, 0.6) is 0 Å². The summed E-state index contributed by atoms with van der Waals surface area (Å²) in [4.78, 5) is 19.9. The summed E-state index contributed by atoms with van der Waals surface area (Å²) < 4.78 is 4.73. The van der Waals surface area contributed by atoms with E-state index >= 15 is 0 Å². The normalized spacial score (nSPS) is 42.8. The number of rotatable bonds is 3. The van der Waals surface area contributed by atoms with Crippen LogP contribution in [-0.4, -0.2) is 34.1 Å². The Morgan fingerprint density at radius 2 is 1.46 bits per heavy atom. The van der Waals surface area contributed by atoms with Crippen LogP contribution >= 0.6 is 0 Å². The SMILES string of the molecule is COC1[C@@](C)([N+](=O)[O-])[C@]1(C)[N+](=O)[O-]. The molecule has 13 heavy (non-hydrogen) atoms. The van der Waals surface area contributed by atoms with Crippen LogP contribution < -0.4 is 0 Å². The summed E-state index contributed by atoms with van der Waals surface area (Å²) in [6.07, 6.45) is -0.954. The van der Waals surface area contributed by atoms with Gasteiger partial charge in [-0.3, -0.25) is 20.2 Å². The molecule has 0 aromatic carbocycles. The first-order chi connectivity index (χ1) is 5.83. The van der Waals surface area contributed by atoms with Crippen molar-refractivity contribution in [2.75, 3.05) is 7.11 Å². The molecular formula is C6H10N2O5. The standard InChI is InChI=1S/C6H10N2O5/c1-5(7(9)10)4(13-3)6(5,2)8(11)12/h4H,1-3H3/t5-,6-/m1/s1. The Morgan fingerprint density at radius 1 is 1.15 bits per heavy atom. The summed E-state index contributed by atoms with van der Waals surface area (Å²) in [6.45, 7) is 2.45. The van der Waals surface area contributed by atoms with Crippen LogP contribution in [0.4, 0.5) is 0 Å². The lowest BCUT2D eigenvalue weighted by Gasteiger charge is -2.01. The van der Waals surface area contributed by atoms with Gasteiger partial charge in [-0.1, -0.05) is 0 Å². The van der Waals surface area contributed by atoms with E-state index in [-0.39, 0.29) is 0 Å². The monoisotopic (exact) mass is 190 g/mol. The Balaban J connectivity index is 3.05. The van der Waals surface area contributed by atoms with Crippen LogP contribution in [0.2, 0.25) is 0 Å². The lowest BCUT2D eigenvalue weighted by molar-refractivity contribution is -0.611. The van der Waals surface area contributed by atoms with Crippen molar-refractivity contribution in [2.24, 2.45) is 0 Å². The van der Waals surface area contributed by atoms with Crippen molar-refractivity contribution >= 4 is 0 Å². The number of ether oxygens (including phenoxy) is 1. The molecule has 0 aliphatic heterocycles. The summed E-state index contributed by atoms with van der Waals surface area (Å²) in [6, 6.07) is 0. The maximum atomic E-state index is 10.6. The maximum Gasteiger partial charge on any atom is 0.323 e. The van der Waals surface area contributed by atoms with E-state index in [1.54, 1.807) is 0 Å². The number of nitrogens with zero attached hydrogens (tertiary/aromatic N) is 2. The van der Waals surface area contributed by atoms with Gasteiger partial charge in [0.05, 0.1) is 0 Å². The van der Waals surface area contributed by atoms with Gasteiger partial charge in [0.25, 0.3) is 0 Å². The predicted molar refractivity (Wildman–Crippen MR) is 41.6 cm³/mol. The Hall–Kier alpha value is -1.24. The molecule has 0 bridgehead atoms. The first-order valence-electron chi connectivity index (χ1n) is 3.65. The summed E-state index contributed by atoms with van der Waals surface area (Å²) in [5, 5.41) is 21.2. The van der Waals surface area contributed by atoms with E-state index in [1.807, 2.05) is 0 Å². The van der Waals surface area contributed by atoms with Gasteiger partial charge in [0, 0.05) is 30.8 Å². The van der Waals surface area contributed by atoms with Gasteiger partial charge in [0.1, 0.15) is 0 Å². The molecule has 7 nitrogen and oxygen atoms in total. The van der Waals surface area contributed by atoms with Gasteiger partial charge in [0.15, 0.2) is 0 Å². The molecule has 1 fully saturated rings. The molecule has 0 spiro atoms. The third-order valence-electron chi connectivity index (χ3n) is 2.96. The smallest absolute Gasteiger partial charge is 0.323 e. The van der Waals surface area contributed by atoms with E-state index < -0.39 is 27.0 Å². The second-order valence-corrected chi connectivity index (χ2v) is 3.43. The molecule has 1 aliphatic carbocycles. The molecule has 1 rings (SSSR count). The highest BCUT2D eigenvalue weighted by Gasteiger charge is 2.93. The minimum atomic E-state index is -1.61. The van der Waals surface area contributed by atoms with E-state index in [9.17, 15) is 20.2 Å². The third-order valence-corrected chi connectivity index (χ3v) is 2.96. The van der Waals surface area contributed by atoms with Crippen LogP contribution in [0, 0.1) is 20.2 Å². The highest BCUT2D eigenvalue weighted by Crippen LogP contribution is 2.53. The van der Waals surface area contributed by atoms with Gasteiger partial charge >= 0.3 is 11.1 Å². The van der Waals surface area contributed by atoms with Crippen molar-refractivity contribution in [3.8, 4) is 0 Å². The molecule has 74 valence electrons. The zero-order chi connectivity index (χ0) is 10.4. The average molecular weight is 190 g/mol. The molecule has 1 aliphatic rings. The van der Waals surface area contributed by atoms with Gasteiger partial charge in [-0.05, 0) is 0 Å². The minimum Gasteiger partial charge on any atom is -0.367 e. The zero-order valence-corrected chi connectivity index (χ0v) is 7.51. The highest BCUT2D eigenvalue weighted by molar-refractivity contribution is 5.24. The Labute approximate surface area is 74.0 Å². The Bertz CT molecular complexity index is 254. The first-order valence-corrected chi connectivity index (χ1v) is 3.65. The molecule has 0 aromatic rings. The lowest BCUT2D eigenvalue weighted by Crippen LogP contribution is -2.34. The molecule has 0 N–H and O–H groups in total. The van der Waals surface area contributed by atoms with Crippen molar-refractivity contribution in [2.45, 2.75) is 31.0 Å². The van der Waals surface area contributed by atoms with E-state index in [2.05, 4.69) is 0 Å². The Morgan fingerprint density at radius 3 is 1.54 bits per heavy atom. The average Bonchev–Trinajstić information content (AvgIpc) is 2.52. The number of hydrogen-bond acceptors (Lipinski definition) is 5. The second-order valence-electron chi connectivity index (χ2n) is 3.43. The Kier molecular flexibility index (Phi) is 1.80. The molecule has 0 amide bonds. The summed E-state index contributed by atoms with van der Waals surface area (Å²) in [5.74, 6) is 0. The summed E-state index contributed by atoms with van der Waals surface area (Å²) in [7, 11) is 1.24. The van der Waals surface area contributed by atoms with Crippen molar-refractivity contribution in [3.05, 3.63) is 20.2 Å². The van der Waals surface area contributed by atoms with Crippen LogP contribution in [0.3, 0.4) is 0 Å². The number of nitro groups is 2. The molecule has 2 atom stereocenters. The summed E-state index contributed by atoms with van der Waals surface area (Å²) >= 11 is 0. The zero-order valence-electron chi connectivity index (χ0n) is 7.51. The predicted octanol–water partition coefficient (Wildman–Crippen LogP) is 0.0858. The van der Waals surface area contributed by atoms with Crippen molar-refractivity contribution in [1.82, 2.24) is 0 Å². The molecule has 7 heteroatoms. The number of methoxy groups -OCH3 is 1. The minimum absolute atomic E-state index is 0.649. The van der Waals surface area contributed by atoms with Crippen LogP contribution in [0.15, 0.2) is 0 Å². The maximum absolute atomic E-state index is 10.6. The molecule has 0 heterocycles. The first kappa shape index (κ1) is 9.85. The highest BCUT2D eigenvalue weighted by atomic mass is 16.7. The summed E-state index contributed by atoms with van der Waals surface area (Å²) in [5.41, 5.74) is -3.21. The molecule has 0 unspecified atom stereocenters.